The lowest BCUT2D eigenvalue weighted by molar-refractivity contribution is -0.139. The zero-order valence-electron chi connectivity index (χ0n) is 20.9. The van der Waals surface area contributed by atoms with E-state index in [4.69, 9.17) is 4.74 Å². The molecule has 3 heterocycles. The molecule has 1 spiro atoms. The molecule has 3 unspecified atom stereocenters. The van der Waals surface area contributed by atoms with Gasteiger partial charge in [-0.1, -0.05) is 52.3 Å². The van der Waals surface area contributed by atoms with Gasteiger partial charge in [0, 0.05) is 29.4 Å². The number of fused-ring (bicyclic) bond motifs is 1. The van der Waals surface area contributed by atoms with E-state index in [0.29, 0.717) is 31.5 Å². The molecule has 8 nitrogen and oxygen atoms in total. The Morgan fingerprint density at radius 2 is 1.76 bits per heavy atom. The van der Waals surface area contributed by atoms with Gasteiger partial charge in [0.25, 0.3) is 0 Å². The minimum absolute atomic E-state index is 0.0000243. The molecule has 0 aliphatic carbocycles. The summed E-state index contributed by atoms with van der Waals surface area (Å²) in [5.41, 5.74) is 2.10. The van der Waals surface area contributed by atoms with E-state index in [1.165, 1.54) is 0 Å². The van der Waals surface area contributed by atoms with Gasteiger partial charge in [0.05, 0.1) is 17.9 Å². The first-order valence-electron chi connectivity index (χ1n) is 12.7. The number of amides is 3. The Labute approximate surface area is 224 Å². The van der Waals surface area contributed by atoms with Crippen LogP contribution in [0.5, 0.6) is 0 Å². The monoisotopic (exact) mass is 569 g/mol. The molecule has 0 radical (unpaired) electrons. The second kappa shape index (κ2) is 10.2. The van der Waals surface area contributed by atoms with E-state index in [0.717, 1.165) is 16.8 Å². The summed E-state index contributed by atoms with van der Waals surface area (Å²) in [7, 11) is 0. The molecule has 3 aliphatic rings. The van der Waals surface area contributed by atoms with Crippen LogP contribution in [0.25, 0.3) is 0 Å². The molecule has 3 N–H and O–H groups in total. The highest BCUT2D eigenvalue weighted by Crippen LogP contribution is 2.60. The zero-order valence-corrected chi connectivity index (χ0v) is 22.5. The second-order valence-electron chi connectivity index (χ2n) is 10.2. The van der Waals surface area contributed by atoms with Crippen LogP contribution in [0.1, 0.15) is 30.4 Å². The fourth-order valence-corrected chi connectivity index (χ4v) is 7.26. The standard InChI is InChI=1S/C28H32BrN3O5/c1-16-9-8-10-17(2)22(16)31-26(35)24-28-15-19(29)23(37-28)20(25(34)30-18-11-4-3-5-12-18)21(28)27(36)32(24)13-6-7-14-33/h3-5,8-12,19-21,23-24,33H,6-7,13-15H2,1-2H3,(H,30,34)(H,31,35)/t19?,20-,21+,23-,24?,28?/m1/s1. The third-order valence-corrected chi connectivity index (χ3v) is 8.76. The molecule has 3 amide bonds. The molecular formula is C28H32BrN3O5. The van der Waals surface area contributed by atoms with Gasteiger partial charge in [0.15, 0.2) is 0 Å². The number of ether oxygens (including phenoxy) is 1. The zero-order chi connectivity index (χ0) is 26.3. The number of halogens is 1. The van der Waals surface area contributed by atoms with E-state index >= 15 is 0 Å². The summed E-state index contributed by atoms with van der Waals surface area (Å²) in [4.78, 5) is 42.9. The van der Waals surface area contributed by atoms with Crippen molar-refractivity contribution in [2.75, 3.05) is 23.8 Å². The summed E-state index contributed by atoms with van der Waals surface area (Å²) in [5, 5.41) is 15.3. The molecular weight excluding hydrogens is 538 g/mol. The van der Waals surface area contributed by atoms with Crippen LogP contribution in [-0.2, 0) is 19.1 Å². The van der Waals surface area contributed by atoms with Crippen LogP contribution < -0.4 is 10.6 Å². The number of benzene rings is 2. The smallest absolute Gasteiger partial charge is 0.250 e. The molecule has 9 heteroatoms. The number of unbranched alkanes of at least 4 members (excludes halogenated alkanes) is 1. The van der Waals surface area contributed by atoms with Gasteiger partial charge in [-0.2, -0.15) is 0 Å². The molecule has 5 rings (SSSR count). The molecule has 2 aromatic rings. The molecule has 196 valence electrons. The maximum Gasteiger partial charge on any atom is 0.250 e. The van der Waals surface area contributed by atoms with Crippen molar-refractivity contribution >= 4 is 45.0 Å². The predicted octanol–water partition coefficient (Wildman–Crippen LogP) is 3.40. The number of alkyl halides is 1. The van der Waals surface area contributed by atoms with Crippen LogP contribution in [0.15, 0.2) is 48.5 Å². The van der Waals surface area contributed by atoms with Gasteiger partial charge in [-0.25, -0.2) is 0 Å². The Bertz CT molecular complexity index is 1190. The molecule has 2 bridgehead atoms. The quantitative estimate of drug-likeness (QED) is 0.333. The van der Waals surface area contributed by atoms with Gasteiger partial charge in [-0.05, 0) is 56.4 Å². The van der Waals surface area contributed by atoms with Crippen LogP contribution >= 0.6 is 15.9 Å². The first-order chi connectivity index (χ1) is 17.8. The lowest BCUT2D eigenvalue weighted by atomic mass is 9.70. The van der Waals surface area contributed by atoms with E-state index < -0.39 is 29.6 Å². The third kappa shape index (κ3) is 4.36. The Balaban J connectivity index is 1.50. The van der Waals surface area contributed by atoms with Gasteiger partial charge in [0.2, 0.25) is 17.7 Å². The predicted molar refractivity (Wildman–Crippen MR) is 143 cm³/mol. The third-order valence-electron chi connectivity index (χ3n) is 7.92. The number of aliphatic hydroxyl groups excluding tert-OH is 1. The van der Waals surface area contributed by atoms with Crippen LogP contribution in [-0.4, -0.2) is 63.5 Å². The number of rotatable bonds is 8. The average molecular weight is 570 g/mol. The maximum atomic E-state index is 14.0. The number of carbonyl (C=O) groups excluding carboxylic acids is 3. The largest absolute Gasteiger partial charge is 0.396 e. The Hall–Kier alpha value is -2.75. The average Bonchev–Trinajstić information content (AvgIpc) is 3.46. The summed E-state index contributed by atoms with van der Waals surface area (Å²) in [6.07, 6.45) is 0.979. The van der Waals surface area contributed by atoms with Gasteiger partial charge in [-0.3, -0.25) is 14.4 Å². The number of hydrogen-bond donors (Lipinski definition) is 3. The summed E-state index contributed by atoms with van der Waals surface area (Å²) in [6, 6.07) is 14.0. The van der Waals surface area contributed by atoms with Crippen molar-refractivity contribution in [2.24, 2.45) is 11.8 Å². The van der Waals surface area contributed by atoms with Crippen LogP contribution in [0.3, 0.4) is 0 Å². The molecule has 6 atom stereocenters. The number of anilines is 2. The van der Waals surface area contributed by atoms with Gasteiger partial charge < -0.3 is 25.4 Å². The lowest BCUT2D eigenvalue weighted by Gasteiger charge is -2.34. The van der Waals surface area contributed by atoms with Crippen LogP contribution in [0.4, 0.5) is 11.4 Å². The van der Waals surface area contributed by atoms with Gasteiger partial charge >= 0.3 is 0 Å². The van der Waals surface area contributed by atoms with Crippen molar-refractivity contribution in [1.29, 1.82) is 0 Å². The van der Waals surface area contributed by atoms with E-state index in [-0.39, 0.29) is 29.2 Å². The number of likely N-dealkylation sites (tertiary alicyclic amines) is 1. The summed E-state index contributed by atoms with van der Waals surface area (Å²) in [6.45, 7) is 4.16. The van der Waals surface area contributed by atoms with Crippen molar-refractivity contribution in [3.63, 3.8) is 0 Å². The normalized spacial score (nSPS) is 29.9. The fraction of sp³-hybridized carbons (Fsp3) is 0.464. The van der Waals surface area contributed by atoms with E-state index in [9.17, 15) is 19.5 Å². The number of aliphatic hydroxyl groups is 1. The second-order valence-corrected chi connectivity index (χ2v) is 11.4. The van der Waals surface area contributed by atoms with Gasteiger partial charge in [0.1, 0.15) is 11.6 Å². The van der Waals surface area contributed by atoms with Crippen molar-refractivity contribution in [3.05, 3.63) is 59.7 Å². The molecule has 3 fully saturated rings. The van der Waals surface area contributed by atoms with Gasteiger partial charge in [-0.15, -0.1) is 0 Å². The molecule has 37 heavy (non-hydrogen) atoms. The molecule has 2 aromatic carbocycles. The number of carbonyl (C=O) groups is 3. The van der Waals surface area contributed by atoms with Crippen molar-refractivity contribution in [1.82, 2.24) is 4.90 Å². The fourth-order valence-electron chi connectivity index (χ4n) is 6.31. The SMILES string of the molecule is Cc1cccc(C)c1NC(=O)C1N(CCCCO)C(=O)[C@@H]2[C@@H](C(=O)Nc3ccccc3)[C@@H]3OC12CC3Br. The summed E-state index contributed by atoms with van der Waals surface area (Å²) in [5.74, 6) is -2.34. The number of nitrogens with zero attached hydrogens (tertiary/aromatic N) is 1. The van der Waals surface area contributed by atoms with E-state index in [1.54, 1.807) is 17.0 Å². The number of nitrogens with one attached hydrogen (secondary N) is 2. The van der Waals surface area contributed by atoms with E-state index in [2.05, 4.69) is 26.6 Å². The topological polar surface area (TPSA) is 108 Å². The highest BCUT2D eigenvalue weighted by molar-refractivity contribution is 9.09. The van der Waals surface area contributed by atoms with Crippen LogP contribution in [0, 0.1) is 25.7 Å². The first kappa shape index (κ1) is 25.9. The van der Waals surface area contributed by atoms with Crippen molar-refractivity contribution in [2.45, 2.75) is 55.7 Å². The summed E-state index contributed by atoms with van der Waals surface area (Å²) >= 11 is 3.69. The highest BCUT2D eigenvalue weighted by atomic mass is 79.9. The highest BCUT2D eigenvalue weighted by Gasteiger charge is 2.76. The van der Waals surface area contributed by atoms with Crippen molar-refractivity contribution < 1.29 is 24.2 Å². The number of hydrogen-bond acceptors (Lipinski definition) is 5. The Morgan fingerprint density at radius 3 is 2.43 bits per heavy atom. The lowest BCUT2D eigenvalue weighted by Crippen LogP contribution is -2.54. The maximum absolute atomic E-state index is 14.0. The molecule has 0 saturated carbocycles. The van der Waals surface area contributed by atoms with Crippen LogP contribution in [0.2, 0.25) is 0 Å². The minimum Gasteiger partial charge on any atom is -0.396 e. The summed E-state index contributed by atoms with van der Waals surface area (Å²) < 4.78 is 6.53. The Morgan fingerprint density at radius 1 is 1.05 bits per heavy atom. The van der Waals surface area contributed by atoms with Crippen molar-refractivity contribution in [3.8, 4) is 0 Å². The Kier molecular flexibility index (Phi) is 7.13. The van der Waals surface area contributed by atoms with E-state index in [1.807, 2.05) is 50.2 Å². The number of aryl methyl sites for hydroxylation is 2. The number of para-hydroxylation sites is 2. The molecule has 3 aliphatic heterocycles. The molecule has 0 aromatic heterocycles. The molecule has 3 saturated heterocycles. The minimum atomic E-state index is -1.12. The first-order valence-corrected chi connectivity index (χ1v) is 13.7.